The molecule has 35 heavy (non-hydrogen) atoms. The fraction of sp³-hybridized carbons (Fsp3) is 0.154. The molecular weight excluding hydrogens is 532 g/mol. The normalized spacial score (nSPS) is 12.7. The Morgan fingerprint density at radius 3 is 2.51 bits per heavy atom. The van der Waals surface area contributed by atoms with Crippen LogP contribution < -0.4 is 5.56 Å². The number of aromatic nitrogens is 2. The Labute approximate surface area is 210 Å². The third kappa shape index (κ3) is 3.94. The summed E-state index contributed by atoms with van der Waals surface area (Å²) in [5.74, 6) is -1.09. The third-order valence-corrected chi connectivity index (χ3v) is 8.87. The van der Waals surface area contributed by atoms with E-state index in [0.717, 1.165) is 16.7 Å². The number of pyridine rings is 1. The molecule has 0 unspecified atom stereocenters. The van der Waals surface area contributed by atoms with Crippen LogP contribution in [0.5, 0.6) is 0 Å². The van der Waals surface area contributed by atoms with Crippen LogP contribution in [0.2, 0.25) is 0 Å². The number of halogens is 1. The average molecular weight is 553 g/mol. The Morgan fingerprint density at radius 1 is 1.09 bits per heavy atom. The van der Waals surface area contributed by atoms with Crippen LogP contribution in [0.1, 0.15) is 32.7 Å². The first-order valence-corrected chi connectivity index (χ1v) is 13.2. The van der Waals surface area contributed by atoms with Crippen molar-refractivity contribution in [2.24, 2.45) is 0 Å². The standard InChI is InChI=1S/C26H21BrN2O5S/c1-15-6-5-7-16(12-15)14-29-23-19(21(27)24(29)26(31)32)11-10-17-13-20(25(30)28-22(17)23)35(33,34)18-8-3-2-4-9-18/h2-9,12-13H,10-11,14H2,1H3,(H,28,30)(H,31,32). The predicted octanol–water partition coefficient (Wildman–Crippen LogP) is 4.59. The number of H-pyrrole nitrogens is 1. The molecule has 1 aliphatic rings. The van der Waals surface area contributed by atoms with Crippen LogP contribution in [0, 0.1) is 6.92 Å². The van der Waals surface area contributed by atoms with Crippen molar-refractivity contribution in [2.45, 2.75) is 36.1 Å². The lowest BCUT2D eigenvalue weighted by atomic mass is 9.94. The second-order valence-electron chi connectivity index (χ2n) is 8.55. The highest BCUT2D eigenvalue weighted by Gasteiger charge is 2.32. The van der Waals surface area contributed by atoms with E-state index < -0.39 is 21.4 Å². The summed E-state index contributed by atoms with van der Waals surface area (Å²) in [6, 6.07) is 17.0. The number of fused-ring (bicyclic) bond motifs is 3. The van der Waals surface area contributed by atoms with Crippen molar-refractivity contribution in [1.82, 2.24) is 9.55 Å². The highest BCUT2D eigenvalue weighted by atomic mass is 79.9. The monoisotopic (exact) mass is 552 g/mol. The van der Waals surface area contributed by atoms with Crippen molar-refractivity contribution in [3.63, 3.8) is 0 Å². The Kier molecular flexibility index (Phi) is 5.77. The summed E-state index contributed by atoms with van der Waals surface area (Å²) in [7, 11) is -4.01. The van der Waals surface area contributed by atoms with Gasteiger partial charge in [0.2, 0.25) is 9.84 Å². The van der Waals surface area contributed by atoms with Gasteiger partial charge in [-0.15, -0.1) is 0 Å². The summed E-state index contributed by atoms with van der Waals surface area (Å²) >= 11 is 3.47. The summed E-state index contributed by atoms with van der Waals surface area (Å²) in [5.41, 5.74) is 3.76. The van der Waals surface area contributed by atoms with Crippen molar-refractivity contribution >= 4 is 31.7 Å². The number of hydrogen-bond donors (Lipinski definition) is 2. The SMILES string of the molecule is Cc1cccc(Cn2c(C(=O)O)c(Br)c3c2-c2[nH]c(=O)c(S(=O)(=O)c4ccccc4)cc2CC3)c1. The molecule has 0 saturated heterocycles. The van der Waals surface area contributed by atoms with Crippen molar-refractivity contribution in [2.75, 3.05) is 0 Å². The largest absolute Gasteiger partial charge is 0.477 e. The number of sulfone groups is 1. The minimum Gasteiger partial charge on any atom is -0.477 e. The predicted molar refractivity (Wildman–Crippen MR) is 135 cm³/mol. The summed E-state index contributed by atoms with van der Waals surface area (Å²) in [5, 5.41) is 10.0. The van der Waals surface area contributed by atoms with Crippen LogP contribution in [0.4, 0.5) is 0 Å². The van der Waals surface area contributed by atoms with Crippen LogP contribution in [0.15, 0.2) is 79.7 Å². The number of carbonyl (C=O) groups is 1. The van der Waals surface area contributed by atoms with Gasteiger partial charge in [0.25, 0.3) is 5.56 Å². The van der Waals surface area contributed by atoms with Gasteiger partial charge in [0, 0.05) is 6.54 Å². The zero-order valence-electron chi connectivity index (χ0n) is 18.7. The smallest absolute Gasteiger partial charge is 0.353 e. The Morgan fingerprint density at radius 2 is 1.83 bits per heavy atom. The molecule has 0 saturated carbocycles. The van der Waals surface area contributed by atoms with Crippen LogP contribution >= 0.6 is 15.9 Å². The van der Waals surface area contributed by atoms with Crippen molar-refractivity contribution in [1.29, 1.82) is 0 Å². The Balaban J connectivity index is 1.72. The van der Waals surface area contributed by atoms with Gasteiger partial charge in [-0.1, -0.05) is 48.0 Å². The van der Waals surface area contributed by atoms with E-state index in [4.69, 9.17) is 0 Å². The molecule has 2 aromatic heterocycles. The molecular formula is C26H21BrN2O5S. The molecule has 2 aromatic carbocycles. The molecule has 0 bridgehead atoms. The quantitative estimate of drug-likeness (QED) is 0.376. The second-order valence-corrected chi connectivity index (χ2v) is 11.3. The molecule has 0 atom stereocenters. The van der Waals surface area contributed by atoms with Gasteiger partial charge < -0.3 is 14.7 Å². The second kappa shape index (κ2) is 8.66. The molecule has 7 nitrogen and oxygen atoms in total. The van der Waals surface area contributed by atoms with Crippen molar-refractivity contribution in [3.05, 3.63) is 103 Å². The van der Waals surface area contributed by atoms with Crippen LogP contribution in [-0.2, 0) is 29.2 Å². The molecule has 4 aromatic rings. The van der Waals surface area contributed by atoms with Crippen molar-refractivity contribution in [3.8, 4) is 11.4 Å². The highest BCUT2D eigenvalue weighted by Crippen LogP contribution is 2.41. The molecule has 5 rings (SSSR count). The molecule has 2 heterocycles. The first-order chi connectivity index (χ1) is 16.7. The van der Waals surface area contributed by atoms with E-state index in [9.17, 15) is 23.1 Å². The molecule has 0 amide bonds. The minimum atomic E-state index is -4.01. The molecule has 9 heteroatoms. The zero-order valence-corrected chi connectivity index (χ0v) is 21.1. The van der Waals surface area contributed by atoms with E-state index in [1.807, 2.05) is 31.2 Å². The fourth-order valence-corrected chi connectivity index (χ4v) is 6.79. The Hall–Kier alpha value is -3.43. The van der Waals surface area contributed by atoms with Gasteiger partial charge in [-0.25, -0.2) is 13.2 Å². The number of rotatable bonds is 5. The van der Waals surface area contributed by atoms with E-state index in [-0.39, 0.29) is 22.0 Å². The number of nitrogens with one attached hydrogen (secondary N) is 1. The first-order valence-electron chi connectivity index (χ1n) is 10.9. The van der Waals surface area contributed by atoms with Gasteiger partial charge in [-0.2, -0.15) is 0 Å². The van der Waals surface area contributed by atoms with Gasteiger partial charge in [-0.3, -0.25) is 4.79 Å². The molecule has 178 valence electrons. The van der Waals surface area contributed by atoms with E-state index in [0.29, 0.717) is 34.3 Å². The summed E-state index contributed by atoms with van der Waals surface area (Å²) < 4.78 is 28.5. The van der Waals surface area contributed by atoms with Crippen LogP contribution in [0.25, 0.3) is 11.4 Å². The topological polar surface area (TPSA) is 109 Å². The van der Waals surface area contributed by atoms with E-state index >= 15 is 0 Å². The van der Waals surface area contributed by atoms with Crippen LogP contribution in [0.3, 0.4) is 0 Å². The minimum absolute atomic E-state index is 0.0423. The third-order valence-electron chi connectivity index (χ3n) is 6.24. The number of carboxylic acids is 1. The first kappa shape index (κ1) is 23.3. The lowest BCUT2D eigenvalue weighted by Crippen LogP contribution is -2.22. The fourth-order valence-electron chi connectivity index (χ4n) is 4.66. The summed E-state index contributed by atoms with van der Waals surface area (Å²) in [6.07, 6.45) is 0.962. The van der Waals surface area contributed by atoms with Gasteiger partial charge >= 0.3 is 5.97 Å². The van der Waals surface area contributed by atoms with Gasteiger partial charge in [-0.05, 0) is 70.6 Å². The van der Waals surface area contributed by atoms with Gasteiger partial charge in [0.05, 0.1) is 20.8 Å². The lowest BCUT2D eigenvalue weighted by Gasteiger charge is -2.21. The molecule has 0 fully saturated rings. The van der Waals surface area contributed by atoms with E-state index in [2.05, 4.69) is 20.9 Å². The number of carboxylic acid groups (broad SMARTS) is 1. The molecule has 0 spiro atoms. The molecule has 2 N–H and O–H groups in total. The number of nitrogens with zero attached hydrogens (tertiary/aromatic N) is 1. The Bertz CT molecular complexity index is 1650. The summed E-state index contributed by atoms with van der Waals surface area (Å²) in [6.45, 7) is 2.24. The summed E-state index contributed by atoms with van der Waals surface area (Å²) in [4.78, 5) is 27.8. The van der Waals surface area contributed by atoms with E-state index in [1.54, 1.807) is 22.8 Å². The van der Waals surface area contributed by atoms with E-state index in [1.165, 1.54) is 18.2 Å². The molecule has 1 aliphatic carbocycles. The average Bonchev–Trinajstić information content (AvgIpc) is 3.11. The zero-order chi connectivity index (χ0) is 24.9. The molecule has 0 aliphatic heterocycles. The van der Waals surface area contributed by atoms with Crippen LogP contribution in [-0.4, -0.2) is 29.0 Å². The van der Waals surface area contributed by atoms with Gasteiger partial charge in [0.1, 0.15) is 10.6 Å². The van der Waals surface area contributed by atoms with Crippen molar-refractivity contribution < 1.29 is 18.3 Å². The maximum Gasteiger partial charge on any atom is 0.353 e. The lowest BCUT2D eigenvalue weighted by molar-refractivity contribution is 0.0684. The number of aromatic amines is 1. The number of hydrogen-bond acceptors (Lipinski definition) is 4. The highest BCUT2D eigenvalue weighted by molar-refractivity contribution is 9.10. The number of benzene rings is 2. The maximum atomic E-state index is 13.2. The number of aromatic carboxylic acids is 1. The number of aryl methyl sites for hydroxylation is 2. The maximum absolute atomic E-state index is 13.2. The molecule has 0 radical (unpaired) electrons. The van der Waals surface area contributed by atoms with Gasteiger partial charge in [0.15, 0.2) is 0 Å².